The number of pyridine rings is 1. The van der Waals surface area contributed by atoms with E-state index in [9.17, 15) is 10.1 Å². The van der Waals surface area contributed by atoms with Gasteiger partial charge in [0.05, 0.1) is 35.3 Å². The van der Waals surface area contributed by atoms with Crippen LogP contribution in [0.3, 0.4) is 0 Å². The number of carbonyl (C=O) groups is 1. The van der Waals surface area contributed by atoms with Gasteiger partial charge in [-0.15, -0.1) is 0 Å². The molecule has 2 aromatic heterocycles. The van der Waals surface area contributed by atoms with E-state index in [1.165, 1.54) is 17.3 Å². The van der Waals surface area contributed by atoms with E-state index in [4.69, 9.17) is 9.72 Å². The van der Waals surface area contributed by atoms with E-state index in [0.717, 1.165) is 60.2 Å². The van der Waals surface area contributed by atoms with Crippen LogP contribution in [-0.4, -0.2) is 88.9 Å². The number of nitrogens with zero attached hydrogens (tertiary/aromatic N) is 8. The first-order chi connectivity index (χ1) is 20.3. The molecule has 2 fully saturated rings. The first-order valence-electron chi connectivity index (χ1n) is 14.9. The summed E-state index contributed by atoms with van der Waals surface area (Å²) in [6.07, 6.45) is 6.32. The molecule has 6 rings (SSSR count). The number of nitriles is 1. The fourth-order valence-corrected chi connectivity index (χ4v) is 6.99. The molecule has 0 spiro atoms. The molecule has 236 valence electrons. The molecule has 0 saturated carbocycles. The number of carbonyl (C=O) groups excluding carboxylic acids is 1. The minimum Gasteiger partial charge on any atom is -0.475 e. The van der Waals surface area contributed by atoms with Crippen molar-refractivity contribution in [2.45, 2.75) is 51.7 Å². The molecule has 3 aliphatic heterocycles. The number of likely N-dealkylation sites (tertiary alicyclic amines) is 1. The zero-order valence-electron chi connectivity index (χ0n) is 26.1. The summed E-state index contributed by atoms with van der Waals surface area (Å²) in [6.45, 7) is 12.7. The highest BCUT2D eigenvalue weighted by atomic mass is 32.1. The average molecular weight is 637 g/mol. The summed E-state index contributed by atoms with van der Waals surface area (Å²) in [5, 5.41) is 16.2. The lowest BCUT2D eigenvalue weighted by Gasteiger charge is -2.42. The second-order valence-corrected chi connectivity index (χ2v) is 11.9. The number of ether oxygens (including phenoxy) is 1. The number of benzene rings is 1. The molecule has 0 aliphatic carbocycles. The highest BCUT2D eigenvalue weighted by Gasteiger charge is 2.34. The third kappa shape index (κ3) is 5.97. The van der Waals surface area contributed by atoms with Crippen molar-refractivity contribution in [2.75, 3.05) is 56.2 Å². The molecule has 44 heavy (non-hydrogen) atoms. The minimum absolute atomic E-state index is 0. The van der Waals surface area contributed by atoms with Crippen molar-refractivity contribution in [1.82, 2.24) is 24.6 Å². The van der Waals surface area contributed by atoms with Crippen molar-refractivity contribution in [3.8, 4) is 11.9 Å². The maximum atomic E-state index is 12.5. The van der Waals surface area contributed by atoms with E-state index in [-0.39, 0.29) is 38.9 Å². The Balaban J connectivity index is 0.00000221. The maximum absolute atomic E-state index is 12.5. The van der Waals surface area contributed by atoms with Crippen molar-refractivity contribution < 1.29 is 9.53 Å². The Morgan fingerprint density at radius 2 is 1.95 bits per heavy atom. The summed E-state index contributed by atoms with van der Waals surface area (Å²) in [4.78, 5) is 26.4. The summed E-state index contributed by atoms with van der Waals surface area (Å²) in [5.74, 6) is 0.363. The number of amides is 1. The third-order valence-electron chi connectivity index (χ3n) is 9.31. The van der Waals surface area contributed by atoms with Gasteiger partial charge in [0.25, 0.3) is 0 Å². The molecular formula is C32H44N8O2S2. The molecule has 0 unspecified atom stereocenters. The van der Waals surface area contributed by atoms with Crippen molar-refractivity contribution in [3.63, 3.8) is 0 Å². The Labute approximate surface area is 274 Å². The molecular weight excluding hydrogens is 593 g/mol. The van der Waals surface area contributed by atoms with Crippen LogP contribution >= 0.6 is 27.0 Å². The van der Waals surface area contributed by atoms with Crippen LogP contribution in [0, 0.1) is 18.3 Å². The molecule has 0 radical (unpaired) electrons. The van der Waals surface area contributed by atoms with E-state index in [2.05, 4.69) is 65.5 Å². The summed E-state index contributed by atoms with van der Waals surface area (Å²) in [5.41, 5.74) is 6.96. The predicted molar refractivity (Wildman–Crippen MR) is 185 cm³/mol. The van der Waals surface area contributed by atoms with Gasteiger partial charge in [0.1, 0.15) is 18.2 Å². The second kappa shape index (κ2) is 13.7. The first kappa shape index (κ1) is 33.5. The lowest BCUT2D eigenvalue weighted by atomic mass is 9.96. The lowest BCUT2D eigenvalue weighted by Crippen LogP contribution is -2.54. The van der Waals surface area contributed by atoms with Crippen LogP contribution in [0.25, 0.3) is 10.9 Å². The van der Waals surface area contributed by atoms with E-state index in [1.54, 1.807) is 0 Å². The smallest absolute Gasteiger partial charge is 0.246 e. The quantitative estimate of drug-likeness (QED) is 0.379. The number of piperazine rings is 1. The number of aromatic nitrogens is 3. The van der Waals surface area contributed by atoms with Gasteiger partial charge in [0.2, 0.25) is 11.8 Å². The lowest BCUT2D eigenvalue weighted by molar-refractivity contribution is -0.128. The average Bonchev–Trinajstić information content (AvgIpc) is 3.58. The highest BCUT2D eigenvalue weighted by molar-refractivity contribution is 7.59. The van der Waals surface area contributed by atoms with Crippen LogP contribution in [0.1, 0.15) is 42.1 Å². The van der Waals surface area contributed by atoms with Crippen LogP contribution in [0.15, 0.2) is 31.0 Å². The number of fused-ring (bicyclic) bond motifs is 2. The van der Waals surface area contributed by atoms with Gasteiger partial charge >= 0.3 is 0 Å². The Morgan fingerprint density at radius 3 is 2.64 bits per heavy atom. The van der Waals surface area contributed by atoms with Crippen LogP contribution in [0.4, 0.5) is 11.4 Å². The molecule has 3 aliphatic rings. The van der Waals surface area contributed by atoms with Gasteiger partial charge in [0, 0.05) is 56.3 Å². The van der Waals surface area contributed by atoms with Gasteiger partial charge in [-0.1, -0.05) is 12.6 Å². The van der Waals surface area contributed by atoms with Gasteiger partial charge in [0.15, 0.2) is 0 Å². The molecule has 1 amide bonds. The number of rotatable bonds is 6. The zero-order chi connectivity index (χ0) is 29.5. The van der Waals surface area contributed by atoms with E-state index in [1.807, 2.05) is 22.8 Å². The number of anilines is 2. The fraction of sp³-hybridized carbons (Fsp3) is 0.500. The fourth-order valence-electron chi connectivity index (χ4n) is 6.99. The SMILES string of the molecule is C=CC(=O)N1CCN(c2c(C#N)c(OC[C@@H]3CCCN3C)nc3c2CCN(c2c(C)ccc4c2cnn4C)C3)C[C@@H]1C.S.S. The number of hydrogen-bond acceptors (Lipinski definition) is 8. The van der Waals surface area contributed by atoms with Crippen LogP contribution in [-0.2, 0) is 24.8 Å². The standard InChI is InChI=1S/C32H40N8O2.2H2S/c1-6-29(41)40-15-14-39(18-22(40)3)31-24-11-13-38(30-21(2)9-10-28-26(30)17-34-37(28)5)19-27(24)35-32(25(31)16-33)42-20-23-8-7-12-36(23)4;;/h6,9-10,17,22-23H,1,7-8,11-15,18-20H2,2-5H3;2*1H2/t22-,23-;;/m0../s1. The molecule has 5 heterocycles. The predicted octanol–water partition coefficient (Wildman–Crippen LogP) is 3.63. The number of hydrogen-bond donors (Lipinski definition) is 0. The van der Waals surface area contributed by atoms with E-state index >= 15 is 0 Å². The summed E-state index contributed by atoms with van der Waals surface area (Å²) in [6, 6.07) is 7.06. The van der Waals surface area contributed by atoms with Gasteiger partial charge in [-0.05, 0) is 64.4 Å². The molecule has 2 atom stereocenters. The Hall–Kier alpha value is -3.40. The van der Waals surface area contributed by atoms with Gasteiger partial charge in [-0.2, -0.15) is 37.4 Å². The summed E-state index contributed by atoms with van der Waals surface area (Å²) < 4.78 is 8.32. The van der Waals surface area contributed by atoms with Crippen LogP contribution in [0.5, 0.6) is 5.88 Å². The highest BCUT2D eigenvalue weighted by Crippen LogP contribution is 2.40. The topological polar surface area (TPSA) is 93.8 Å². The number of aryl methyl sites for hydroxylation is 2. The largest absolute Gasteiger partial charge is 0.475 e. The number of likely N-dealkylation sites (N-methyl/N-ethyl adjacent to an activating group) is 1. The van der Waals surface area contributed by atoms with Crippen molar-refractivity contribution in [1.29, 1.82) is 5.26 Å². The first-order valence-corrected chi connectivity index (χ1v) is 14.9. The van der Waals surface area contributed by atoms with Crippen molar-refractivity contribution in [2.24, 2.45) is 7.05 Å². The summed E-state index contributed by atoms with van der Waals surface area (Å²) >= 11 is 0. The molecule has 10 nitrogen and oxygen atoms in total. The second-order valence-electron chi connectivity index (χ2n) is 11.9. The zero-order valence-corrected chi connectivity index (χ0v) is 28.1. The van der Waals surface area contributed by atoms with Gasteiger partial charge in [-0.3, -0.25) is 9.48 Å². The molecule has 3 aromatic rings. The van der Waals surface area contributed by atoms with Gasteiger partial charge < -0.3 is 24.3 Å². The Bertz CT molecular complexity index is 1580. The molecule has 2 saturated heterocycles. The maximum Gasteiger partial charge on any atom is 0.246 e. The normalized spacial score (nSPS) is 20.0. The Morgan fingerprint density at radius 1 is 1.16 bits per heavy atom. The molecule has 12 heteroatoms. The van der Waals surface area contributed by atoms with Crippen LogP contribution < -0.4 is 14.5 Å². The van der Waals surface area contributed by atoms with E-state index < -0.39 is 0 Å². The monoisotopic (exact) mass is 636 g/mol. The van der Waals surface area contributed by atoms with Crippen molar-refractivity contribution >= 4 is 55.2 Å². The Kier molecular flexibility index (Phi) is 10.4. The summed E-state index contributed by atoms with van der Waals surface area (Å²) in [7, 11) is 4.10. The molecule has 0 N–H and O–H groups in total. The minimum atomic E-state index is -0.0558. The molecule has 0 bridgehead atoms. The molecule has 1 aromatic carbocycles. The van der Waals surface area contributed by atoms with Gasteiger partial charge in [-0.25, -0.2) is 4.98 Å². The van der Waals surface area contributed by atoms with Crippen molar-refractivity contribution in [3.05, 3.63) is 53.4 Å². The third-order valence-corrected chi connectivity index (χ3v) is 9.31. The van der Waals surface area contributed by atoms with E-state index in [0.29, 0.717) is 50.3 Å². The van der Waals surface area contributed by atoms with Crippen LogP contribution in [0.2, 0.25) is 0 Å².